The summed E-state index contributed by atoms with van der Waals surface area (Å²) in [6, 6.07) is 2.28. The fraction of sp³-hybridized carbons (Fsp3) is 0.455. The number of likely N-dealkylation sites (N-methyl/N-ethyl adjacent to an activating group) is 1. The Kier molecular flexibility index (Phi) is 3.38. The van der Waals surface area contributed by atoms with Gasteiger partial charge in [-0.25, -0.2) is 8.78 Å². The largest absolute Gasteiger partial charge is 0.397 e. The highest BCUT2D eigenvalue weighted by Gasteiger charge is 2.21. The van der Waals surface area contributed by atoms with Crippen molar-refractivity contribution in [3.8, 4) is 0 Å². The van der Waals surface area contributed by atoms with E-state index in [1.54, 1.807) is 20.9 Å². The molecule has 0 aliphatic heterocycles. The van der Waals surface area contributed by atoms with Crippen molar-refractivity contribution in [2.24, 2.45) is 0 Å². The lowest BCUT2D eigenvalue weighted by Crippen LogP contribution is -2.37. The summed E-state index contributed by atoms with van der Waals surface area (Å²) < 4.78 is 26.5. The lowest BCUT2D eigenvalue weighted by Gasteiger charge is -2.28. The SMILES string of the molecule is CN(CC(C)(C)O)c1c(N)ccc(F)c1F. The van der Waals surface area contributed by atoms with Gasteiger partial charge in [0.05, 0.1) is 17.0 Å². The van der Waals surface area contributed by atoms with E-state index in [0.29, 0.717) is 0 Å². The van der Waals surface area contributed by atoms with Crippen LogP contribution in [0.2, 0.25) is 0 Å². The van der Waals surface area contributed by atoms with Gasteiger partial charge in [-0.3, -0.25) is 0 Å². The number of rotatable bonds is 3. The summed E-state index contributed by atoms with van der Waals surface area (Å²) in [4.78, 5) is 1.40. The summed E-state index contributed by atoms with van der Waals surface area (Å²) in [5, 5.41) is 9.60. The van der Waals surface area contributed by atoms with Crippen molar-refractivity contribution in [3.63, 3.8) is 0 Å². The molecule has 0 aliphatic carbocycles. The molecule has 3 nitrogen and oxygen atoms in total. The molecule has 0 heterocycles. The molecule has 0 saturated heterocycles. The molecule has 5 heteroatoms. The fourth-order valence-electron chi connectivity index (χ4n) is 1.60. The van der Waals surface area contributed by atoms with Crippen LogP contribution in [0.4, 0.5) is 20.2 Å². The quantitative estimate of drug-likeness (QED) is 0.778. The molecule has 0 bridgehead atoms. The van der Waals surface area contributed by atoms with Crippen molar-refractivity contribution in [2.75, 3.05) is 24.2 Å². The number of nitrogens with two attached hydrogens (primary N) is 1. The minimum Gasteiger partial charge on any atom is -0.397 e. The molecule has 0 aliphatic rings. The van der Waals surface area contributed by atoms with E-state index in [1.165, 1.54) is 11.0 Å². The first-order valence-electron chi connectivity index (χ1n) is 4.89. The van der Waals surface area contributed by atoms with Crippen molar-refractivity contribution >= 4 is 11.4 Å². The van der Waals surface area contributed by atoms with E-state index in [2.05, 4.69) is 0 Å². The fourth-order valence-corrected chi connectivity index (χ4v) is 1.60. The van der Waals surface area contributed by atoms with E-state index in [9.17, 15) is 13.9 Å². The summed E-state index contributed by atoms with van der Waals surface area (Å²) in [5.41, 5.74) is 4.68. The Morgan fingerprint density at radius 3 is 2.44 bits per heavy atom. The highest BCUT2D eigenvalue weighted by molar-refractivity contribution is 5.68. The third-order valence-electron chi connectivity index (χ3n) is 2.11. The lowest BCUT2D eigenvalue weighted by molar-refractivity contribution is 0.0885. The van der Waals surface area contributed by atoms with E-state index in [4.69, 9.17) is 5.73 Å². The van der Waals surface area contributed by atoms with Crippen molar-refractivity contribution in [3.05, 3.63) is 23.8 Å². The van der Waals surface area contributed by atoms with E-state index >= 15 is 0 Å². The summed E-state index contributed by atoms with van der Waals surface area (Å²) in [6.45, 7) is 3.31. The van der Waals surface area contributed by atoms with Gasteiger partial charge in [0.25, 0.3) is 0 Å². The van der Waals surface area contributed by atoms with Gasteiger partial charge < -0.3 is 15.7 Å². The number of hydrogen-bond acceptors (Lipinski definition) is 3. The molecule has 16 heavy (non-hydrogen) atoms. The topological polar surface area (TPSA) is 49.5 Å². The molecule has 0 atom stereocenters. The lowest BCUT2D eigenvalue weighted by atomic mass is 10.1. The second kappa shape index (κ2) is 4.25. The predicted octanol–water partition coefficient (Wildman–Crippen LogP) is 1.75. The standard InChI is InChI=1S/C11H16F2N2O/c1-11(2,16)6-15(3)10-8(14)5-4-7(12)9(10)13/h4-5,16H,6,14H2,1-3H3. The van der Waals surface area contributed by atoms with Gasteiger partial charge in [0.1, 0.15) is 0 Å². The van der Waals surface area contributed by atoms with Gasteiger partial charge in [-0.05, 0) is 26.0 Å². The van der Waals surface area contributed by atoms with Crippen molar-refractivity contribution < 1.29 is 13.9 Å². The number of nitrogens with zero attached hydrogens (tertiary/aromatic N) is 1. The van der Waals surface area contributed by atoms with Crippen LogP contribution in [0.3, 0.4) is 0 Å². The molecule has 90 valence electrons. The average molecular weight is 230 g/mol. The van der Waals surface area contributed by atoms with Crippen LogP contribution in [0.25, 0.3) is 0 Å². The number of benzene rings is 1. The Morgan fingerprint density at radius 2 is 1.94 bits per heavy atom. The molecular weight excluding hydrogens is 214 g/mol. The van der Waals surface area contributed by atoms with Crippen LogP contribution in [-0.2, 0) is 0 Å². The van der Waals surface area contributed by atoms with E-state index in [-0.39, 0.29) is 17.9 Å². The maximum absolute atomic E-state index is 13.5. The van der Waals surface area contributed by atoms with Crippen molar-refractivity contribution in [2.45, 2.75) is 19.4 Å². The van der Waals surface area contributed by atoms with Gasteiger partial charge in [-0.1, -0.05) is 0 Å². The van der Waals surface area contributed by atoms with Crippen LogP contribution in [0.1, 0.15) is 13.8 Å². The Morgan fingerprint density at radius 1 is 1.38 bits per heavy atom. The van der Waals surface area contributed by atoms with Crippen LogP contribution in [0, 0.1) is 11.6 Å². The third kappa shape index (κ3) is 2.82. The van der Waals surface area contributed by atoms with Gasteiger partial charge >= 0.3 is 0 Å². The molecule has 3 N–H and O–H groups in total. The molecule has 0 fully saturated rings. The van der Waals surface area contributed by atoms with Crippen LogP contribution in [0.15, 0.2) is 12.1 Å². The third-order valence-corrected chi connectivity index (χ3v) is 2.11. The average Bonchev–Trinajstić information content (AvgIpc) is 2.09. The number of anilines is 2. The Bertz CT molecular complexity index is 388. The van der Waals surface area contributed by atoms with Crippen LogP contribution < -0.4 is 10.6 Å². The summed E-state index contributed by atoms with van der Waals surface area (Å²) in [5.74, 6) is -1.95. The zero-order chi connectivity index (χ0) is 12.5. The van der Waals surface area contributed by atoms with Gasteiger partial charge in [0.15, 0.2) is 11.6 Å². The van der Waals surface area contributed by atoms with Gasteiger partial charge in [-0.15, -0.1) is 0 Å². The first-order valence-corrected chi connectivity index (χ1v) is 4.89. The Balaban J connectivity index is 3.08. The normalized spacial score (nSPS) is 11.6. The molecule has 0 unspecified atom stereocenters. The zero-order valence-electron chi connectivity index (χ0n) is 9.59. The highest BCUT2D eigenvalue weighted by atomic mass is 19.2. The molecule has 0 amide bonds. The number of hydrogen-bond donors (Lipinski definition) is 2. The molecule has 0 spiro atoms. The van der Waals surface area contributed by atoms with E-state index < -0.39 is 17.2 Å². The number of halogens is 2. The van der Waals surface area contributed by atoms with Crippen LogP contribution >= 0.6 is 0 Å². The zero-order valence-corrected chi connectivity index (χ0v) is 9.59. The van der Waals surface area contributed by atoms with Crippen molar-refractivity contribution in [1.82, 2.24) is 0 Å². The smallest absolute Gasteiger partial charge is 0.184 e. The first-order chi connectivity index (χ1) is 7.22. The second-order valence-electron chi connectivity index (χ2n) is 4.47. The molecule has 1 rings (SSSR count). The van der Waals surface area contributed by atoms with Gasteiger partial charge in [-0.2, -0.15) is 0 Å². The van der Waals surface area contributed by atoms with Crippen LogP contribution in [-0.4, -0.2) is 24.3 Å². The van der Waals surface area contributed by atoms with Gasteiger partial charge in [0, 0.05) is 13.6 Å². The molecular formula is C11H16F2N2O. The van der Waals surface area contributed by atoms with Gasteiger partial charge in [0.2, 0.25) is 0 Å². The van der Waals surface area contributed by atoms with E-state index in [1.807, 2.05) is 0 Å². The molecule has 0 aromatic heterocycles. The number of nitrogen functional groups attached to an aromatic ring is 1. The highest BCUT2D eigenvalue weighted by Crippen LogP contribution is 2.28. The van der Waals surface area contributed by atoms with Crippen molar-refractivity contribution in [1.29, 1.82) is 0 Å². The maximum Gasteiger partial charge on any atom is 0.184 e. The maximum atomic E-state index is 13.5. The molecule has 1 aromatic rings. The van der Waals surface area contributed by atoms with E-state index in [0.717, 1.165) is 6.07 Å². The summed E-state index contributed by atoms with van der Waals surface area (Å²) >= 11 is 0. The van der Waals surface area contributed by atoms with Crippen LogP contribution in [0.5, 0.6) is 0 Å². The minimum atomic E-state index is -1.01. The predicted molar refractivity (Wildman–Crippen MR) is 60.3 cm³/mol. The minimum absolute atomic E-state index is 0.0258. The molecule has 1 aromatic carbocycles. The summed E-state index contributed by atoms with van der Waals surface area (Å²) in [6.07, 6.45) is 0. The Labute approximate surface area is 93.5 Å². The Hall–Kier alpha value is -1.36. The molecule has 0 saturated carbocycles. The monoisotopic (exact) mass is 230 g/mol. The second-order valence-corrected chi connectivity index (χ2v) is 4.47. The molecule has 0 radical (unpaired) electrons. The first kappa shape index (κ1) is 12.7. The number of aliphatic hydroxyl groups is 1. The summed E-state index contributed by atoms with van der Waals surface area (Å²) in [7, 11) is 1.55.